The summed E-state index contributed by atoms with van der Waals surface area (Å²) in [6.07, 6.45) is 1.45. The fraction of sp³-hybridized carbons (Fsp3) is 0.125. The summed E-state index contributed by atoms with van der Waals surface area (Å²) < 4.78 is 0. The molecule has 0 spiro atoms. The molecule has 1 aromatic rings. The van der Waals surface area contributed by atoms with E-state index in [2.05, 4.69) is 4.98 Å². The van der Waals surface area contributed by atoms with E-state index >= 15 is 0 Å². The number of aromatic nitrogens is 1. The van der Waals surface area contributed by atoms with Gasteiger partial charge in [-0.25, -0.2) is 9.78 Å². The van der Waals surface area contributed by atoms with E-state index in [4.69, 9.17) is 15.0 Å². The Morgan fingerprint density at radius 2 is 1.80 bits per heavy atom. The first-order valence-corrected chi connectivity index (χ1v) is 3.38. The Morgan fingerprint density at radius 1 is 1.33 bits per heavy atom. The Morgan fingerprint density at radius 3 is 2.00 bits per heavy atom. The van der Waals surface area contributed by atoms with E-state index in [1.165, 1.54) is 12.3 Å². The minimum absolute atomic E-state index is 0. The van der Waals surface area contributed by atoms with E-state index < -0.39 is 11.9 Å². The van der Waals surface area contributed by atoms with Gasteiger partial charge in [0, 0.05) is 32.6 Å². The number of carboxylic acids is 2. The van der Waals surface area contributed by atoms with Crippen LogP contribution in [0.15, 0.2) is 24.4 Å². The molecule has 0 aliphatic rings. The number of aromatic carboxylic acids is 1. The van der Waals surface area contributed by atoms with Crippen LogP contribution in [0, 0.1) is 0 Å². The number of hydrogen-bond acceptors (Lipinski definition) is 3. The van der Waals surface area contributed by atoms with Gasteiger partial charge in [0.2, 0.25) is 0 Å². The van der Waals surface area contributed by atoms with Gasteiger partial charge in [0.1, 0.15) is 5.69 Å². The maximum Gasteiger partial charge on any atom is 1.00 e. The van der Waals surface area contributed by atoms with E-state index in [1.807, 2.05) is 0 Å². The van der Waals surface area contributed by atoms with E-state index in [1.54, 1.807) is 12.1 Å². The monoisotopic (exact) mass is 294 g/mol. The predicted molar refractivity (Wildman–Crippen MR) is 45.6 cm³/mol. The van der Waals surface area contributed by atoms with Gasteiger partial charge in [0.05, 0.1) is 0 Å². The second kappa shape index (κ2) is 11.4. The van der Waals surface area contributed by atoms with Crippen molar-refractivity contribution in [2.45, 2.75) is 6.92 Å². The molecule has 0 amide bonds. The molecule has 15 heavy (non-hydrogen) atoms. The Bertz CT molecular complexity index is 295. The molecule has 7 heteroatoms. The van der Waals surface area contributed by atoms with Crippen LogP contribution in [-0.4, -0.2) is 27.1 Å². The smallest absolute Gasteiger partial charge is 1.00 e. The van der Waals surface area contributed by atoms with Crippen LogP contribution in [0.4, 0.5) is 0 Å². The molecule has 0 aromatic carbocycles. The fourth-order valence-electron chi connectivity index (χ4n) is 0.489. The van der Waals surface area contributed by atoms with Gasteiger partial charge in [-0.2, -0.15) is 0 Å². The quantitative estimate of drug-likeness (QED) is 0.584. The van der Waals surface area contributed by atoms with E-state index in [0.717, 1.165) is 6.92 Å². The number of rotatable bonds is 1. The van der Waals surface area contributed by atoms with Crippen molar-refractivity contribution in [3.8, 4) is 0 Å². The first-order chi connectivity index (χ1) is 6.04. The van der Waals surface area contributed by atoms with Crippen LogP contribution in [0.3, 0.4) is 0 Å². The van der Waals surface area contributed by atoms with Crippen LogP contribution < -0.4 is 18.9 Å². The fourth-order valence-corrected chi connectivity index (χ4v) is 0.489. The van der Waals surface area contributed by atoms with Gasteiger partial charge in [-0.05, 0) is 12.1 Å². The first kappa shape index (κ1) is 19.8. The summed E-state index contributed by atoms with van der Waals surface area (Å²) in [6.45, 7) is 1.08. The van der Waals surface area contributed by atoms with Crippen molar-refractivity contribution >= 4 is 11.9 Å². The van der Waals surface area contributed by atoms with Gasteiger partial charge in [0.25, 0.3) is 5.97 Å². The van der Waals surface area contributed by atoms with Crippen LogP contribution in [0.5, 0.6) is 0 Å². The molecule has 0 saturated carbocycles. The molecule has 0 unspecified atom stereocenters. The number of hydrogen-bond donors (Lipinski definition) is 2. The average Bonchev–Trinajstić information content (AvgIpc) is 2.05. The van der Waals surface area contributed by atoms with Gasteiger partial charge in [-0.3, -0.25) is 4.79 Å². The van der Waals surface area contributed by atoms with Gasteiger partial charge >= 0.3 is 24.8 Å². The molecule has 81 valence electrons. The summed E-state index contributed by atoms with van der Waals surface area (Å²) >= 11 is 0. The number of pyridine rings is 1. The zero-order valence-corrected chi connectivity index (χ0v) is 9.94. The predicted octanol–water partition coefficient (Wildman–Crippen LogP) is -2.02. The van der Waals surface area contributed by atoms with Crippen molar-refractivity contribution in [2.24, 2.45) is 0 Å². The number of carboxylic acid groups (broad SMARTS) is 2. The number of carbonyl (C=O) groups is 2. The van der Waals surface area contributed by atoms with Gasteiger partial charge in [-0.1, -0.05) is 6.07 Å². The summed E-state index contributed by atoms with van der Waals surface area (Å²) in [5.41, 5.74) is 0.0810. The molecule has 1 aromatic heterocycles. The molecule has 0 saturated heterocycles. The molecule has 0 atom stereocenters. The Hall–Kier alpha value is -0.689. The largest absolute Gasteiger partial charge is 1.00 e. The van der Waals surface area contributed by atoms with Crippen molar-refractivity contribution in [3.63, 3.8) is 0 Å². The minimum atomic E-state index is -0.990. The Kier molecular flexibility index (Phi) is 15.0. The average molecular weight is 294 g/mol. The van der Waals surface area contributed by atoms with Crippen LogP contribution in [0.1, 0.15) is 18.8 Å². The molecule has 0 fully saturated rings. The van der Waals surface area contributed by atoms with Crippen LogP contribution >= 0.6 is 0 Å². The van der Waals surface area contributed by atoms with E-state index in [-0.39, 0.29) is 45.5 Å². The second-order valence-electron chi connectivity index (χ2n) is 2.04. The van der Waals surface area contributed by atoms with Crippen LogP contribution in [0.2, 0.25) is 0 Å². The molecule has 0 aliphatic heterocycles. The number of aliphatic carboxylic acids is 1. The van der Waals surface area contributed by atoms with Crippen molar-refractivity contribution in [2.75, 3.05) is 0 Å². The molecule has 1 radical (unpaired) electrons. The van der Waals surface area contributed by atoms with Crippen molar-refractivity contribution in [1.82, 2.24) is 4.98 Å². The molecular formula is C8H10LiNO4Rh. The number of nitrogens with zero attached hydrogens (tertiary/aromatic N) is 1. The first-order valence-electron chi connectivity index (χ1n) is 3.38. The summed E-state index contributed by atoms with van der Waals surface area (Å²) in [4.78, 5) is 22.7. The maximum absolute atomic E-state index is 10.1. The summed E-state index contributed by atoms with van der Waals surface area (Å²) in [7, 11) is 0. The second-order valence-corrected chi connectivity index (χ2v) is 2.04. The van der Waals surface area contributed by atoms with Gasteiger partial charge < -0.3 is 11.6 Å². The van der Waals surface area contributed by atoms with Crippen molar-refractivity contribution in [1.29, 1.82) is 0 Å². The third kappa shape index (κ3) is 13.3. The molecule has 2 N–H and O–H groups in total. The van der Waals surface area contributed by atoms with Gasteiger partial charge in [-0.15, -0.1) is 0 Å². The third-order valence-corrected chi connectivity index (χ3v) is 0.884. The Balaban J connectivity index is -0.0000000921. The summed E-state index contributed by atoms with van der Waals surface area (Å²) in [5, 5.41) is 15.7. The molecule has 0 bridgehead atoms. The maximum atomic E-state index is 10.1. The SMILES string of the molecule is CC(=O)O.O=C(O)c1ccccn1.[H-].[Li+].[Rh]. The normalized spacial score (nSPS) is 7.00. The molecule has 1 rings (SSSR count). The van der Waals surface area contributed by atoms with E-state index in [9.17, 15) is 4.79 Å². The zero-order valence-electron chi connectivity index (χ0n) is 9.30. The van der Waals surface area contributed by atoms with Crippen LogP contribution in [0.25, 0.3) is 0 Å². The van der Waals surface area contributed by atoms with E-state index in [0.29, 0.717) is 0 Å². The molecule has 1 heterocycles. The molecule has 0 aliphatic carbocycles. The third-order valence-electron chi connectivity index (χ3n) is 0.884. The molecular weight excluding hydrogens is 284 g/mol. The topological polar surface area (TPSA) is 87.5 Å². The van der Waals surface area contributed by atoms with Crippen molar-refractivity contribution in [3.05, 3.63) is 30.1 Å². The summed E-state index contributed by atoms with van der Waals surface area (Å²) in [6, 6.07) is 4.76. The van der Waals surface area contributed by atoms with Crippen LogP contribution in [-0.2, 0) is 24.3 Å². The Labute approximate surface area is 113 Å². The summed E-state index contributed by atoms with van der Waals surface area (Å²) in [5.74, 6) is -1.82. The van der Waals surface area contributed by atoms with Gasteiger partial charge in [0.15, 0.2) is 0 Å². The minimum Gasteiger partial charge on any atom is -1.00 e. The zero-order chi connectivity index (χ0) is 10.3. The van der Waals surface area contributed by atoms with Crippen molar-refractivity contribution < 1.29 is 59.6 Å². The molecule has 5 nitrogen and oxygen atoms in total. The standard InChI is InChI=1S/C6H5NO2.C2H4O2.Li.Rh.H/c8-6(9)5-3-1-2-4-7-5;1-2(3)4;;;/h1-4H,(H,8,9);1H3,(H,3,4);;;/q;;+1;;-1.